The Bertz CT molecular complexity index is 1060. The van der Waals surface area contributed by atoms with Gasteiger partial charge in [-0.1, -0.05) is 0 Å². The molecule has 1 aromatic carbocycles. The first-order valence-corrected chi connectivity index (χ1v) is 8.00. The Hall–Kier alpha value is -3.25. The number of hydrogen-bond acceptors (Lipinski definition) is 8. The largest absolute Gasteiger partial charge is 0.494 e. The standard InChI is InChI=1S/C13H13N5O6S/c1-5-9(11(15)19)12(20)16-13(21)10(5)18-17-7-4-6(14)2-3-8(7)25(22,23)24/h2-4H,14H2,1H3,(H2,15,19)(H2,16,20,21)(H,22,23,24). The van der Waals surface area contributed by atoms with Crippen LogP contribution in [0.1, 0.15) is 15.9 Å². The van der Waals surface area contributed by atoms with E-state index < -0.39 is 32.4 Å². The number of amides is 1. The van der Waals surface area contributed by atoms with Crippen molar-refractivity contribution in [3.8, 4) is 5.88 Å². The molecule has 0 radical (unpaired) electrons. The third-order valence-electron chi connectivity index (χ3n) is 3.18. The molecule has 0 spiro atoms. The minimum absolute atomic E-state index is 0.0604. The average Bonchev–Trinajstić information content (AvgIpc) is 2.44. The summed E-state index contributed by atoms with van der Waals surface area (Å²) in [5.74, 6) is -1.73. The number of aromatic amines is 1. The molecule has 1 aromatic heterocycles. The smallest absolute Gasteiger partial charge is 0.296 e. The van der Waals surface area contributed by atoms with Crippen molar-refractivity contribution in [1.29, 1.82) is 0 Å². The summed E-state index contributed by atoms with van der Waals surface area (Å²) < 4.78 is 31.9. The van der Waals surface area contributed by atoms with Crippen molar-refractivity contribution < 1.29 is 22.9 Å². The zero-order valence-corrected chi connectivity index (χ0v) is 13.5. The Morgan fingerprint density at radius 2 is 1.92 bits per heavy atom. The van der Waals surface area contributed by atoms with E-state index in [1.807, 2.05) is 4.98 Å². The maximum Gasteiger partial charge on any atom is 0.296 e. The molecule has 0 bridgehead atoms. The lowest BCUT2D eigenvalue weighted by Crippen LogP contribution is -2.18. The number of anilines is 1. The second-order valence-corrected chi connectivity index (χ2v) is 6.31. The van der Waals surface area contributed by atoms with Gasteiger partial charge in [-0.3, -0.25) is 19.1 Å². The third-order valence-corrected chi connectivity index (χ3v) is 4.08. The van der Waals surface area contributed by atoms with Gasteiger partial charge in [-0.15, -0.1) is 10.2 Å². The average molecular weight is 367 g/mol. The number of carbonyl (C=O) groups is 1. The predicted octanol–water partition coefficient (Wildman–Crippen LogP) is 0.732. The van der Waals surface area contributed by atoms with Crippen molar-refractivity contribution >= 4 is 33.1 Å². The molecule has 7 N–H and O–H groups in total. The van der Waals surface area contributed by atoms with Crippen LogP contribution in [0, 0.1) is 6.92 Å². The number of nitrogens with two attached hydrogens (primary N) is 2. The quantitative estimate of drug-likeness (QED) is 0.297. The summed E-state index contributed by atoms with van der Waals surface area (Å²) in [4.78, 5) is 24.6. The number of azo groups is 1. The van der Waals surface area contributed by atoms with E-state index in [-0.39, 0.29) is 28.2 Å². The lowest BCUT2D eigenvalue weighted by Gasteiger charge is -2.06. The Morgan fingerprint density at radius 1 is 1.28 bits per heavy atom. The van der Waals surface area contributed by atoms with Crippen molar-refractivity contribution in [2.45, 2.75) is 11.8 Å². The fourth-order valence-electron chi connectivity index (χ4n) is 2.05. The van der Waals surface area contributed by atoms with E-state index in [4.69, 9.17) is 11.5 Å². The first kappa shape index (κ1) is 18.1. The fraction of sp³-hybridized carbons (Fsp3) is 0.0769. The molecule has 2 aromatic rings. The highest BCUT2D eigenvalue weighted by molar-refractivity contribution is 7.86. The first-order valence-electron chi connectivity index (χ1n) is 6.56. The normalized spacial score (nSPS) is 11.8. The topological polar surface area (TPSA) is 201 Å². The second kappa shape index (κ2) is 6.33. The molecule has 12 heteroatoms. The number of nitrogens with zero attached hydrogens (tertiary/aromatic N) is 2. The van der Waals surface area contributed by atoms with E-state index in [1.54, 1.807) is 0 Å². The molecule has 2 rings (SSSR count). The van der Waals surface area contributed by atoms with Gasteiger partial charge in [0.25, 0.3) is 21.6 Å². The van der Waals surface area contributed by atoms with Crippen molar-refractivity contribution in [3.05, 3.63) is 39.7 Å². The predicted molar refractivity (Wildman–Crippen MR) is 86.8 cm³/mol. The summed E-state index contributed by atoms with van der Waals surface area (Å²) in [5.41, 5.74) is 8.78. The van der Waals surface area contributed by atoms with E-state index in [0.29, 0.717) is 0 Å². The molecule has 1 heterocycles. The Labute approximate surface area is 140 Å². The summed E-state index contributed by atoms with van der Waals surface area (Å²) in [5, 5.41) is 16.8. The molecule has 0 unspecified atom stereocenters. The van der Waals surface area contributed by atoms with Crippen molar-refractivity contribution in [2.75, 3.05) is 5.73 Å². The fourth-order valence-corrected chi connectivity index (χ4v) is 2.66. The number of rotatable bonds is 4. The van der Waals surface area contributed by atoms with Gasteiger partial charge in [-0.2, -0.15) is 8.42 Å². The van der Waals surface area contributed by atoms with Crippen LogP contribution in [0.5, 0.6) is 5.88 Å². The Balaban J connectivity index is 2.66. The van der Waals surface area contributed by atoms with Crippen LogP contribution in [0.25, 0.3) is 0 Å². The highest BCUT2D eigenvalue weighted by Gasteiger charge is 2.19. The number of nitrogens with one attached hydrogen (secondary N) is 1. The minimum Gasteiger partial charge on any atom is -0.494 e. The Kier molecular flexibility index (Phi) is 4.58. The van der Waals surface area contributed by atoms with Gasteiger partial charge in [0.1, 0.15) is 16.1 Å². The van der Waals surface area contributed by atoms with Gasteiger partial charge in [0, 0.05) is 11.3 Å². The number of pyridine rings is 1. The van der Waals surface area contributed by atoms with Gasteiger partial charge in [0.15, 0.2) is 5.69 Å². The second-order valence-electron chi connectivity index (χ2n) is 4.92. The molecule has 0 fully saturated rings. The van der Waals surface area contributed by atoms with Crippen LogP contribution in [0.2, 0.25) is 0 Å². The summed E-state index contributed by atoms with van der Waals surface area (Å²) >= 11 is 0. The highest BCUT2D eigenvalue weighted by atomic mass is 32.2. The number of aromatic nitrogens is 1. The van der Waals surface area contributed by atoms with Gasteiger partial charge in [0.05, 0.1) is 0 Å². The molecule has 25 heavy (non-hydrogen) atoms. The number of hydrogen-bond donors (Lipinski definition) is 5. The number of H-pyrrole nitrogens is 1. The minimum atomic E-state index is -4.61. The van der Waals surface area contributed by atoms with Crippen LogP contribution in [0.15, 0.2) is 38.1 Å². The summed E-state index contributed by atoms with van der Waals surface area (Å²) in [7, 11) is -4.61. The maximum atomic E-state index is 11.9. The van der Waals surface area contributed by atoms with Gasteiger partial charge < -0.3 is 16.6 Å². The van der Waals surface area contributed by atoms with Crippen molar-refractivity contribution in [3.63, 3.8) is 0 Å². The first-order chi connectivity index (χ1) is 11.5. The molecule has 1 amide bonds. The molecule has 0 aliphatic heterocycles. The van der Waals surface area contributed by atoms with Crippen molar-refractivity contribution in [2.24, 2.45) is 16.0 Å². The zero-order valence-electron chi connectivity index (χ0n) is 12.7. The number of aromatic hydroxyl groups is 1. The summed E-state index contributed by atoms with van der Waals surface area (Å²) in [6.45, 7) is 1.30. The number of nitrogen functional groups attached to an aromatic ring is 1. The van der Waals surface area contributed by atoms with Crippen LogP contribution < -0.4 is 17.0 Å². The van der Waals surface area contributed by atoms with E-state index in [0.717, 1.165) is 12.1 Å². The zero-order chi connectivity index (χ0) is 18.9. The Morgan fingerprint density at radius 3 is 2.48 bits per heavy atom. The van der Waals surface area contributed by atoms with Crippen LogP contribution >= 0.6 is 0 Å². The van der Waals surface area contributed by atoms with E-state index in [9.17, 15) is 27.7 Å². The molecular formula is C13H13N5O6S. The molecular weight excluding hydrogens is 354 g/mol. The third kappa shape index (κ3) is 3.64. The van der Waals surface area contributed by atoms with Gasteiger partial charge in [-0.05, 0) is 25.1 Å². The summed E-state index contributed by atoms with van der Waals surface area (Å²) in [6.07, 6.45) is 0. The monoisotopic (exact) mass is 367 g/mol. The molecule has 0 saturated carbocycles. The molecule has 0 aliphatic carbocycles. The van der Waals surface area contributed by atoms with Gasteiger partial charge in [0.2, 0.25) is 5.88 Å². The van der Waals surface area contributed by atoms with Crippen LogP contribution in [0.3, 0.4) is 0 Å². The van der Waals surface area contributed by atoms with Crippen LogP contribution in [-0.2, 0) is 10.1 Å². The maximum absolute atomic E-state index is 11.9. The molecule has 0 saturated heterocycles. The number of benzene rings is 1. The molecule has 132 valence electrons. The number of primary amides is 1. The number of carbonyl (C=O) groups excluding carboxylic acids is 1. The molecule has 0 aliphatic rings. The SMILES string of the molecule is Cc1c(C(N)=O)c(O)[nH]c(=O)c1N=Nc1cc(N)ccc1S(=O)(=O)O. The van der Waals surface area contributed by atoms with Gasteiger partial charge in [-0.25, -0.2) is 0 Å². The van der Waals surface area contributed by atoms with Gasteiger partial charge >= 0.3 is 0 Å². The highest BCUT2D eigenvalue weighted by Crippen LogP contribution is 2.29. The van der Waals surface area contributed by atoms with E-state index in [2.05, 4.69) is 10.2 Å². The van der Waals surface area contributed by atoms with Crippen LogP contribution in [0.4, 0.5) is 17.1 Å². The van der Waals surface area contributed by atoms with Crippen LogP contribution in [-0.4, -0.2) is 29.0 Å². The summed E-state index contributed by atoms with van der Waals surface area (Å²) in [6, 6.07) is 3.36. The lowest BCUT2D eigenvalue weighted by atomic mass is 10.1. The van der Waals surface area contributed by atoms with E-state index >= 15 is 0 Å². The van der Waals surface area contributed by atoms with Crippen molar-refractivity contribution in [1.82, 2.24) is 4.98 Å². The molecule has 11 nitrogen and oxygen atoms in total. The molecule has 0 atom stereocenters. The lowest BCUT2D eigenvalue weighted by molar-refractivity contribution is 0.0996. The van der Waals surface area contributed by atoms with E-state index in [1.165, 1.54) is 13.0 Å².